The molecule has 0 atom stereocenters. The molecule has 0 saturated carbocycles. The van der Waals surface area contributed by atoms with E-state index in [9.17, 15) is 9.59 Å². The molecule has 1 N–H and O–H groups in total. The van der Waals surface area contributed by atoms with E-state index in [0.29, 0.717) is 5.65 Å². The van der Waals surface area contributed by atoms with Gasteiger partial charge in [-0.3, -0.25) is 14.0 Å². The molecule has 2 aromatic heterocycles. The zero-order chi connectivity index (χ0) is 17.0. The Hall–Kier alpha value is -2.17. The van der Waals surface area contributed by atoms with Crippen molar-refractivity contribution in [2.24, 2.45) is 0 Å². The summed E-state index contributed by atoms with van der Waals surface area (Å²) in [6.07, 6.45) is 5.58. The molecule has 5 nitrogen and oxygen atoms in total. The Bertz CT molecular complexity index is 762. The van der Waals surface area contributed by atoms with Gasteiger partial charge in [-0.1, -0.05) is 32.3 Å². The lowest BCUT2D eigenvalue weighted by Gasteiger charge is -2.26. The largest absolute Gasteiger partial charge is 0.347 e. The summed E-state index contributed by atoms with van der Waals surface area (Å²) in [5.74, 6) is -0.360. The van der Waals surface area contributed by atoms with Gasteiger partial charge in [0.1, 0.15) is 11.2 Å². The van der Waals surface area contributed by atoms with Crippen LogP contribution in [0.4, 0.5) is 0 Å². The first-order valence-electron chi connectivity index (χ1n) is 8.15. The Morgan fingerprint density at radius 3 is 2.74 bits per heavy atom. The number of aromatic nitrogens is 2. The number of aryl methyl sites for hydroxylation is 1. The van der Waals surface area contributed by atoms with Gasteiger partial charge in [-0.05, 0) is 39.3 Å². The third kappa shape index (κ3) is 3.97. The van der Waals surface area contributed by atoms with Crippen LogP contribution in [0.3, 0.4) is 0 Å². The van der Waals surface area contributed by atoms with Crippen molar-refractivity contribution >= 4 is 11.6 Å². The van der Waals surface area contributed by atoms with E-state index in [1.807, 2.05) is 32.9 Å². The molecule has 0 unspecified atom stereocenters. The van der Waals surface area contributed by atoms with E-state index in [4.69, 9.17) is 0 Å². The van der Waals surface area contributed by atoms with Crippen molar-refractivity contribution in [1.82, 2.24) is 14.7 Å². The fourth-order valence-corrected chi connectivity index (χ4v) is 2.68. The number of fused-ring (bicyclic) bond motifs is 1. The predicted octanol–water partition coefficient (Wildman–Crippen LogP) is 3.09. The van der Waals surface area contributed by atoms with Gasteiger partial charge < -0.3 is 5.32 Å². The molecule has 0 aromatic carbocycles. The minimum atomic E-state index is -0.360. The molecule has 0 bridgehead atoms. The second kappa shape index (κ2) is 6.94. The summed E-state index contributed by atoms with van der Waals surface area (Å²) in [5, 5.41) is 2.96. The maximum Gasteiger partial charge on any atom is 0.270 e. The molecule has 0 spiro atoms. The summed E-state index contributed by atoms with van der Waals surface area (Å²) in [7, 11) is 0. The molecule has 1 amide bonds. The normalized spacial score (nSPS) is 11.7. The van der Waals surface area contributed by atoms with Gasteiger partial charge in [0.25, 0.3) is 11.5 Å². The Morgan fingerprint density at radius 2 is 2.04 bits per heavy atom. The Balaban J connectivity index is 2.26. The minimum absolute atomic E-state index is 0.0837. The molecule has 0 aliphatic heterocycles. The molecular weight excluding hydrogens is 290 g/mol. The van der Waals surface area contributed by atoms with Crippen LogP contribution in [0.2, 0.25) is 0 Å². The van der Waals surface area contributed by atoms with Crippen molar-refractivity contribution in [2.75, 3.05) is 0 Å². The van der Waals surface area contributed by atoms with Gasteiger partial charge in [-0.2, -0.15) is 0 Å². The Labute approximate surface area is 136 Å². The molecule has 0 aliphatic rings. The second-order valence-corrected chi connectivity index (χ2v) is 6.63. The van der Waals surface area contributed by atoms with Crippen molar-refractivity contribution in [3.8, 4) is 0 Å². The summed E-state index contributed by atoms with van der Waals surface area (Å²) < 4.78 is 1.47. The molecule has 124 valence electrons. The van der Waals surface area contributed by atoms with E-state index in [1.165, 1.54) is 10.6 Å². The summed E-state index contributed by atoms with van der Waals surface area (Å²) in [5.41, 5.74) is 0.727. The van der Waals surface area contributed by atoms with Crippen LogP contribution in [-0.2, 0) is 0 Å². The van der Waals surface area contributed by atoms with Crippen molar-refractivity contribution in [1.29, 1.82) is 0 Å². The van der Waals surface area contributed by atoms with Crippen molar-refractivity contribution in [3.63, 3.8) is 0 Å². The van der Waals surface area contributed by atoms with Crippen LogP contribution in [0.5, 0.6) is 0 Å². The first kappa shape index (κ1) is 17.2. The van der Waals surface area contributed by atoms with Crippen LogP contribution < -0.4 is 10.9 Å². The highest BCUT2D eigenvalue weighted by Crippen LogP contribution is 2.14. The fourth-order valence-electron chi connectivity index (χ4n) is 2.68. The SMILES string of the molecule is CCCCCC(C)(C)NC(=O)c1cnc2cccc(C)n2c1=O. The Kier molecular flexibility index (Phi) is 5.19. The third-order valence-corrected chi connectivity index (χ3v) is 4.03. The zero-order valence-electron chi connectivity index (χ0n) is 14.3. The molecule has 0 radical (unpaired) electrons. The number of nitrogens with one attached hydrogen (secondary N) is 1. The summed E-state index contributed by atoms with van der Waals surface area (Å²) in [4.78, 5) is 29.3. The van der Waals surface area contributed by atoms with E-state index in [2.05, 4.69) is 17.2 Å². The third-order valence-electron chi connectivity index (χ3n) is 4.03. The highest BCUT2D eigenvalue weighted by atomic mass is 16.2. The number of hydrogen-bond acceptors (Lipinski definition) is 3. The van der Waals surface area contributed by atoms with Crippen LogP contribution in [-0.4, -0.2) is 20.8 Å². The molecule has 23 heavy (non-hydrogen) atoms. The van der Waals surface area contributed by atoms with Crippen molar-refractivity contribution in [3.05, 3.63) is 46.0 Å². The topological polar surface area (TPSA) is 63.5 Å². The van der Waals surface area contributed by atoms with E-state index >= 15 is 0 Å². The van der Waals surface area contributed by atoms with Gasteiger partial charge in [0.2, 0.25) is 0 Å². The molecule has 0 saturated heterocycles. The highest BCUT2D eigenvalue weighted by Gasteiger charge is 2.23. The summed E-state index contributed by atoms with van der Waals surface area (Å²) in [6.45, 7) is 7.94. The number of rotatable bonds is 6. The summed E-state index contributed by atoms with van der Waals surface area (Å²) in [6, 6.07) is 5.42. The van der Waals surface area contributed by atoms with Gasteiger partial charge in [-0.25, -0.2) is 4.98 Å². The first-order chi connectivity index (χ1) is 10.9. The maximum absolute atomic E-state index is 12.6. The molecular formula is C18H25N3O2. The maximum atomic E-state index is 12.6. The number of hydrogen-bond donors (Lipinski definition) is 1. The second-order valence-electron chi connectivity index (χ2n) is 6.63. The monoisotopic (exact) mass is 315 g/mol. The number of unbranched alkanes of at least 4 members (excludes halogenated alkanes) is 2. The van der Waals surface area contributed by atoms with Gasteiger partial charge in [0.05, 0.1) is 0 Å². The molecule has 2 heterocycles. The van der Waals surface area contributed by atoms with Crippen LogP contribution in [0.15, 0.2) is 29.2 Å². The Morgan fingerprint density at radius 1 is 1.30 bits per heavy atom. The van der Waals surface area contributed by atoms with Crippen LogP contribution in [0, 0.1) is 6.92 Å². The van der Waals surface area contributed by atoms with E-state index in [-0.39, 0.29) is 22.6 Å². The van der Waals surface area contributed by atoms with E-state index in [1.54, 1.807) is 6.07 Å². The van der Waals surface area contributed by atoms with Crippen LogP contribution in [0.25, 0.3) is 5.65 Å². The van der Waals surface area contributed by atoms with E-state index < -0.39 is 0 Å². The standard InChI is InChI=1S/C18H25N3O2/c1-5-6-7-11-18(3,4)20-16(22)14-12-19-15-10-8-9-13(2)21(15)17(14)23/h8-10,12H,5-7,11H2,1-4H3,(H,20,22). The first-order valence-corrected chi connectivity index (χ1v) is 8.15. The lowest BCUT2D eigenvalue weighted by atomic mass is 9.96. The van der Waals surface area contributed by atoms with Gasteiger partial charge in [-0.15, -0.1) is 0 Å². The number of carbonyl (C=O) groups excluding carboxylic acids is 1. The molecule has 5 heteroatoms. The summed E-state index contributed by atoms with van der Waals surface area (Å²) >= 11 is 0. The quantitative estimate of drug-likeness (QED) is 0.833. The lowest BCUT2D eigenvalue weighted by Crippen LogP contribution is -2.45. The van der Waals surface area contributed by atoms with Crippen LogP contribution >= 0.6 is 0 Å². The van der Waals surface area contributed by atoms with Gasteiger partial charge in [0, 0.05) is 17.4 Å². The molecule has 2 rings (SSSR count). The predicted molar refractivity (Wildman–Crippen MR) is 91.9 cm³/mol. The number of carbonyl (C=O) groups is 1. The average molecular weight is 315 g/mol. The average Bonchev–Trinajstić information content (AvgIpc) is 2.47. The smallest absolute Gasteiger partial charge is 0.270 e. The van der Waals surface area contributed by atoms with Crippen molar-refractivity contribution in [2.45, 2.75) is 58.9 Å². The number of nitrogens with zero attached hydrogens (tertiary/aromatic N) is 2. The van der Waals surface area contributed by atoms with Gasteiger partial charge >= 0.3 is 0 Å². The highest BCUT2D eigenvalue weighted by molar-refractivity contribution is 5.94. The van der Waals surface area contributed by atoms with E-state index in [0.717, 1.165) is 31.4 Å². The molecule has 0 aliphatic carbocycles. The molecule has 2 aromatic rings. The zero-order valence-corrected chi connectivity index (χ0v) is 14.3. The lowest BCUT2D eigenvalue weighted by molar-refractivity contribution is 0.0906. The number of amides is 1. The van der Waals surface area contributed by atoms with Crippen molar-refractivity contribution < 1.29 is 4.79 Å². The number of pyridine rings is 1. The van der Waals surface area contributed by atoms with Gasteiger partial charge in [0.15, 0.2) is 0 Å². The fraction of sp³-hybridized carbons (Fsp3) is 0.500. The molecule has 0 fully saturated rings. The van der Waals surface area contributed by atoms with Crippen LogP contribution in [0.1, 0.15) is 62.5 Å². The minimum Gasteiger partial charge on any atom is -0.347 e.